The van der Waals surface area contributed by atoms with E-state index in [2.05, 4.69) is 5.32 Å². The number of aliphatic hydroxyl groups excluding tert-OH is 1. The quantitative estimate of drug-likeness (QED) is 0.607. The van der Waals surface area contributed by atoms with Gasteiger partial charge in [-0.2, -0.15) is 0 Å². The average molecular weight is 370 g/mol. The van der Waals surface area contributed by atoms with Crippen LogP contribution in [0, 0.1) is 0 Å². The molecule has 0 heterocycles. The van der Waals surface area contributed by atoms with Crippen LogP contribution in [0.3, 0.4) is 0 Å². The summed E-state index contributed by atoms with van der Waals surface area (Å²) >= 11 is -0.472. The molecule has 0 amide bonds. The van der Waals surface area contributed by atoms with Gasteiger partial charge in [0.2, 0.25) is 0 Å². The van der Waals surface area contributed by atoms with Crippen LogP contribution in [0.4, 0.5) is 0 Å². The van der Waals surface area contributed by atoms with Crippen LogP contribution in [-0.4, -0.2) is 31.3 Å². The Kier molecular flexibility index (Phi) is 22.8. The first-order chi connectivity index (χ1) is 4.83. The number of nitrogens with one attached hydrogen (secondary N) is 1. The van der Waals surface area contributed by atoms with Crippen LogP contribution in [0.15, 0.2) is 0 Å². The van der Waals surface area contributed by atoms with Gasteiger partial charge in [0.1, 0.15) is 0 Å². The van der Waals surface area contributed by atoms with E-state index >= 15 is 0 Å². The zero-order chi connectivity index (χ0) is 8.24. The molecule has 0 aliphatic rings. The molecule has 0 spiro atoms. The molecule has 0 aromatic carbocycles. The predicted octanol–water partition coefficient (Wildman–Crippen LogP) is -0.0965. The SMILES string of the molecule is NCCNCCO.[Cl][Pt][Cl]. The standard InChI is InChI=1S/C4H12N2O.2ClH.Pt/c5-1-2-6-3-4-7;;;/h6-7H,1-5H2;2*1H;/q;;;+2/p-2. The normalized spacial score (nSPS) is 8.80. The van der Waals surface area contributed by atoms with Gasteiger partial charge < -0.3 is 16.2 Å². The van der Waals surface area contributed by atoms with Crippen molar-refractivity contribution >= 4 is 18.8 Å². The second kappa shape index (κ2) is 16.6. The number of aliphatic hydroxyl groups is 1. The molecule has 3 nitrogen and oxygen atoms in total. The molecule has 0 saturated carbocycles. The Balaban J connectivity index is 0. The molecule has 0 unspecified atom stereocenters. The maximum absolute atomic E-state index is 8.19. The zero-order valence-electron chi connectivity index (χ0n) is 5.43. The Morgan fingerprint density at radius 3 is 2.20 bits per heavy atom. The molecule has 0 atom stereocenters. The van der Waals surface area contributed by atoms with Crippen LogP contribution in [0.5, 0.6) is 0 Å². The molecule has 0 aromatic heterocycles. The van der Waals surface area contributed by atoms with E-state index in [9.17, 15) is 0 Å². The summed E-state index contributed by atoms with van der Waals surface area (Å²) in [5.74, 6) is 0. The topological polar surface area (TPSA) is 58.3 Å². The van der Waals surface area contributed by atoms with E-state index in [-0.39, 0.29) is 6.61 Å². The Morgan fingerprint density at radius 2 is 1.90 bits per heavy atom. The summed E-state index contributed by atoms with van der Waals surface area (Å²) in [4.78, 5) is 0. The third-order valence-electron chi connectivity index (χ3n) is 0.610. The third-order valence-corrected chi connectivity index (χ3v) is 0.610. The van der Waals surface area contributed by atoms with Gasteiger partial charge in [0, 0.05) is 19.6 Å². The summed E-state index contributed by atoms with van der Waals surface area (Å²) < 4.78 is 0. The van der Waals surface area contributed by atoms with Crippen LogP contribution in [0.25, 0.3) is 0 Å². The van der Waals surface area contributed by atoms with E-state index in [1.165, 1.54) is 0 Å². The Labute approximate surface area is 77.7 Å². The number of halogens is 2. The van der Waals surface area contributed by atoms with E-state index in [0.29, 0.717) is 13.1 Å². The van der Waals surface area contributed by atoms with Crippen molar-refractivity contribution in [3.63, 3.8) is 0 Å². The molecule has 0 bridgehead atoms. The molecule has 10 heavy (non-hydrogen) atoms. The minimum atomic E-state index is -0.472. The predicted molar refractivity (Wildman–Crippen MR) is 40.7 cm³/mol. The van der Waals surface area contributed by atoms with Gasteiger partial charge >= 0.3 is 35.3 Å². The van der Waals surface area contributed by atoms with Crippen molar-refractivity contribution < 1.29 is 21.6 Å². The Morgan fingerprint density at radius 1 is 1.40 bits per heavy atom. The van der Waals surface area contributed by atoms with Gasteiger partial charge in [-0.3, -0.25) is 0 Å². The number of hydrogen-bond acceptors (Lipinski definition) is 3. The maximum atomic E-state index is 8.19. The fourth-order valence-electron chi connectivity index (χ4n) is 0.306. The second-order valence-corrected chi connectivity index (χ2v) is 4.59. The molecule has 4 N–H and O–H groups in total. The molecule has 0 aromatic rings. The van der Waals surface area contributed by atoms with Crippen LogP contribution < -0.4 is 11.1 Å². The first kappa shape index (κ1) is 13.7. The second-order valence-electron chi connectivity index (χ2n) is 1.31. The van der Waals surface area contributed by atoms with Crippen LogP contribution >= 0.6 is 18.8 Å². The van der Waals surface area contributed by atoms with Crippen LogP contribution in [0.1, 0.15) is 0 Å². The molecule has 0 aliphatic heterocycles. The molecule has 0 radical (unpaired) electrons. The molecular formula is C4H12Cl2N2OPt. The Bertz CT molecular complexity index is 48.2. The van der Waals surface area contributed by atoms with E-state index < -0.39 is 16.5 Å². The molecule has 0 rings (SSSR count). The summed E-state index contributed by atoms with van der Waals surface area (Å²) in [6.07, 6.45) is 0. The van der Waals surface area contributed by atoms with E-state index in [0.717, 1.165) is 6.54 Å². The first-order valence-corrected chi connectivity index (χ1v) is 8.30. The van der Waals surface area contributed by atoms with Crippen molar-refractivity contribution in [3.05, 3.63) is 0 Å². The van der Waals surface area contributed by atoms with Gasteiger partial charge in [0.15, 0.2) is 0 Å². The van der Waals surface area contributed by atoms with Crippen molar-refractivity contribution in [1.82, 2.24) is 5.32 Å². The van der Waals surface area contributed by atoms with E-state index in [1.807, 2.05) is 0 Å². The molecular weight excluding hydrogens is 358 g/mol. The fourth-order valence-corrected chi connectivity index (χ4v) is 0.306. The minimum absolute atomic E-state index is 0.194. The van der Waals surface area contributed by atoms with Gasteiger partial charge in [-0.1, -0.05) is 0 Å². The third kappa shape index (κ3) is 22.9. The summed E-state index contributed by atoms with van der Waals surface area (Å²) in [5.41, 5.74) is 5.13. The van der Waals surface area contributed by atoms with Crippen LogP contribution in [0.2, 0.25) is 0 Å². The summed E-state index contributed by atoms with van der Waals surface area (Å²) in [6.45, 7) is 2.28. The monoisotopic (exact) mass is 369 g/mol. The first-order valence-electron chi connectivity index (χ1n) is 2.67. The summed E-state index contributed by atoms with van der Waals surface area (Å²) in [6, 6.07) is 0. The van der Waals surface area contributed by atoms with Gasteiger partial charge in [0.05, 0.1) is 6.61 Å². The number of rotatable bonds is 4. The van der Waals surface area contributed by atoms with Crippen LogP contribution in [-0.2, 0) is 16.5 Å². The number of hydrogen-bond donors (Lipinski definition) is 3. The Hall–Kier alpha value is 1.15. The fraction of sp³-hybridized carbons (Fsp3) is 1.00. The molecule has 6 heteroatoms. The summed E-state index contributed by atoms with van der Waals surface area (Å²) in [5, 5.41) is 11.1. The van der Waals surface area contributed by atoms with E-state index in [4.69, 9.17) is 29.7 Å². The van der Waals surface area contributed by atoms with Crippen molar-refractivity contribution in [2.75, 3.05) is 26.2 Å². The van der Waals surface area contributed by atoms with E-state index in [1.54, 1.807) is 0 Å². The number of nitrogens with two attached hydrogens (primary N) is 1. The molecule has 0 fully saturated rings. The van der Waals surface area contributed by atoms with Crippen molar-refractivity contribution in [3.8, 4) is 0 Å². The van der Waals surface area contributed by atoms with Gasteiger partial charge in [-0.25, -0.2) is 0 Å². The molecule has 0 saturated heterocycles. The van der Waals surface area contributed by atoms with Gasteiger partial charge in [-0.15, -0.1) is 0 Å². The average Bonchev–Trinajstić information content (AvgIpc) is 1.91. The molecule has 0 aliphatic carbocycles. The zero-order valence-corrected chi connectivity index (χ0v) is 9.21. The molecule has 68 valence electrons. The summed E-state index contributed by atoms with van der Waals surface area (Å²) in [7, 11) is 9.75. The van der Waals surface area contributed by atoms with Crippen molar-refractivity contribution in [1.29, 1.82) is 0 Å². The van der Waals surface area contributed by atoms with Gasteiger partial charge in [0.25, 0.3) is 0 Å². The van der Waals surface area contributed by atoms with Crippen molar-refractivity contribution in [2.45, 2.75) is 0 Å². The van der Waals surface area contributed by atoms with Gasteiger partial charge in [-0.05, 0) is 0 Å². The van der Waals surface area contributed by atoms with Crippen molar-refractivity contribution in [2.24, 2.45) is 5.73 Å².